The Morgan fingerprint density at radius 2 is 0.976 bits per heavy atom. The van der Waals surface area contributed by atoms with Crippen LogP contribution in [0, 0.1) is 0 Å². The zero-order valence-corrected chi connectivity index (χ0v) is 24.2. The maximum atomic E-state index is 11.6. The van der Waals surface area contributed by atoms with Gasteiger partial charge in [-0.2, -0.15) is 0 Å². The summed E-state index contributed by atoms with van der Waals surface area (Å²) in [5.41, 5.74) is 0.318. The van der Waals surface area contributed by atoms with E-state index in [2.05, 4.69) is 19.7 Å². The number of esters is 3. The Morgan fingerprint density at radius 1 is 0.595 bits per heavy atom. The SMILES string of the molecule is C=C(C)C(=O)OCC(O)COC[C@H](OCC(O)COC(=O)C(=C)C)[C@@H](OCC(O)COC(=O)C(=C)C)[C@H](O)[C@H](O)CO. The van der Waals surface area contributed by atoms with Crippen molar-refractivity contribution in [2.24, 2.45) is 0 Å². The first-order valence-electron chi connectivity index (χ1n) is 12.9. The van der Waals surface area contributed by atoms with Gasteiger partial charge in [-0.1, -0.05) is 19.7 Å². The summed E-state index contributed by atoms with van der Waals surface area (Å²) in [6, 6.07) is 0. The molecule has 0 fully saturated rings. The third kappa shape index (κ3) is 16.6. The van der Waals surface area contributed by atoms with Crippen LogP contribution in [0.2, 0.25) is 0 Å². The Bertz CT molecular complexity index is 889. The van der Waals surface area contributed by atoms with E-state index < -0.39 is 113 Å². The highest BCUT2D eigenvalue weighted by atomic mass is 16.6. The molecule has 242 valence electrons. The van der Waals surface area contributed by atoms with Crippen LogP contribution < -0.4 is 0 Å². The van der Waals surface area contributed by atoms with E-state index in [1.165, 1.54) is 20.8 Å². The summed E-state index contributed by atoms with van der Waals surface area (Å²) < 4.78 is 31.2. The number of aliphatic hydroxyl groups excluding tert-OH is 6. The highest BCUT2D eigenvalue weighted by Crippen LogP contribution is 2.15. The van der Waals surface area contributed by atoms with Gasteiger partial charge in [0, 0.05) is 16.7 Å². The van der Waals surface area contributed by atoms with Crippen molar-refractivity contribution in [2.75, 3.05) is 52.9 Å². The van der Waals surface area contributed by atoms with Crippen LogP contribution in [0.4, 0.5) is 0 Å². The van der Waals surface area contributed by atoms with Gasteiger partial charge in [-0.25, -0.2) is 14.4 Å². The van der Waals surface area contributed by atoms with E-state index >= 15 is 0 Å². The Kier molecular flexibility index (Phi) is 19.7. The smallest absolute Gasteiger partial charge is 0.333 e. The van der Waals surface area contributed by atoms with Gasteiger partial charge >= 0.3 is 17.9 Å². The molecule has 0 aromatic rings. The molecular weight excluding hydrogens is 564 g/mol. The molecule has 0 aromatic heterocycles. The fraction of sp³-hybridized carbons (Fsp3) is 0.667. The third-order valence-corrected chi connectivity index (χ3v) is 5.13. The molecule has 0 radical (unpaired) electrons. The molecular formula is C27H44O15. The number of carbonyl (C=O) groups excluding carboxylic acids is 3. The molecule has 3 unspecified atom stereocenters. The van der Waals surface area contributed by atoms with Crippen LogP contribution >= 0.6 is 0 Å². The zero-order valence-electron chi connectivity index (χ0n) is 24.2. The van der Waals surface area contributed by atoms with Crippen molar-refractivity contribution in [1.29, 1.82) is 0 Å². The summed E-state index contributed by atoms with van der Waals surface area (Å²) in [6.45, 7) is 10.3. The predicted octanol–water partition coefficient (Wildman–Crippen LogP) is -2.07. The average molecular weight is 609 g/mol. The Morgan fingerprint density at radius 3 is 1.36 bits per heavy atom. The number of aliphatic hydroxyl groups is 6. The Labute approximate surface area is 244 Å². The molecule has 0 aliphatic rings. The monoisotopic (exact) mass is 608 g/mol. The lowest BCUT2D eigenvalue weighted by Crippen LogP contribution is -2.51. The van der Waals surface area contributed by atoms with Gasteiger partial charge in [0.25, 0.3) is 0 Å². The van der Waals surface area contributed by atoms with E-state index in [1.54, 1.807) is 0 Å². The van der Waals surface area contributed by atoms with E-state index in [0.717, 1.165) is 0 Å². The van der Waals surface area contributed by atoms with Crippen LogP contribution in [-0.2, 0) is 42.8 Å². The van der Waals surface area contributed by atoms with Crippen molar-refractivity contribution >= 4 is 17.9 Å². The lowest BCUT2D eigenvalue weighted by Gasteiger charge is -2.33. The quantitative estimate of drug-likeness (QED) is 0.0416. The number of rotatable bonds is 23. The van der Waals surface area contributed by atoms with Gasteiger partial charge in [-0.05, 0) is 20.8 Å². The van der Waals surface area contributed by atoms with E-state index in [4.69, 9.17) is 28.4 Å². The molecule has 0 aliphatic heterocycles. The first kappa shape index (κ1) is 39.3. The van der Waals surface area contributed by atoms with Crippen molar-refractivity contribution in [3.63, 3.8) is 0 Å². The van der Waals surface area contributed by atoms with Gasteiger partial charge in [-0.3, -0.25) is 0 Å². The second-order valence-electron chi connectivity index (χ2n) is 9.55. The van der Waals surface area contributed by atoms with Crippen molar-refractivity contribution in [3.8, 4) is 0 Å². The molecule has 0 aliphatic carbocycles. The van der Waals surface area contributed by atoms with Crippen LogP contribution in [-0.4, -0.2) is 144 Å². The van der Waals surface area contributed by atoms with Gasteiger partial charge < -0.3 is 59.1 Å². The molecule has 15 nitrogen and oxygen atoms in total. The molecule has 0 bridgehead atoms. The summed E-state index contributed by atoms with van der Waals surface area (Å²) in [5, 5.41) is 60.6. The average Bonchev–Trinajstić information content (AvgIpc) is 2.94. The lowest BCUT2D eigenvalue weighted by molar-refractivity contribution is -0.189. The maximum Gasteiger partial charge on any atom is 0.333 e. The number of hydrogen-bond acceptors (Lipinski definition) is 15. The van der Waals surface area contributed by atoms with Gasteiger partial charge in [0.2, 0.25) is 0 Å². The molecule has 0 spiro atoms. The number of hydrogen-bond donors (Lipinski definition) is 6. The first-order valence-corrected chi connectivity index (χ1v) is 12.9. The highest BCUT2D eigenvalue weighted by molar-refractivity contribution is 5.87. The summed E-state index contributed by atoms with van der Waals surface area (Å²) in [7, 11) is 0. The third-order valence-electron chi connectivity index (χ3n) is 5.13. The van der Waals surface area contributed by atoms with E-state index in [1.807, 2.05) is 0 Å². The molecule has 0 amide bonds. The maximum absolute atomic E-state index is 11.6. The fourth-order valence-electron chi connectivity index (χ4n) is 2.80. The van der Waals surface area contributed by atoms with Gasteiger partial charge in [0.15, 0.2) is 0 Å². The summed E-state index contributed by atoms with van der Waals surface area (Å²) in [5.74, 6) is -2.23. The number of carbonyl (C=O) groups is 3. The summed E-state index contributed by atoms with van der Waals surface area (Å²) in [6.07, 6.45) is -10.5. The first-order chi connectivity index (χ1) is 19.6. The molecule has 0 rings (SSSR count). The Hall–Kier alpha value is -2.73. The topological polar surface area (TPSA) is 228 Å². The van der Waals surface area contributed by atoms with E-state index in [0.29, 0.717) is 0 Å². The van der Waals surface area contributed by atoms with E-state index in [-0.39, 0.29) is 16.7 Å². The molecule has 42 heavy (non-hydrogen) atoms. The van der Waals surface area contributed by atoms with Crippen molar-refractivity contribution in [3.05, 3.63) is 36.5 Å². The van der Waals surface area contributed by atoms with Crippen LogP contribution in [0.15, 0.2) is 36.5 Å². The summed E-state index contributed by atoms with van der Waals surface area (Å²) in [4.78, 5) is 34.7. The fourth-order valence-corrected chi connectivity index (χ4v) is 2.80. The van der Waals surface area contributed by atoms with Crippen molar-refractivity contribution < 1.29 is 73.4 Å². The van der Waals surface area contributed by atoms with Gasteiger partial charge in [-0.15, -0.1) is 0 Å². The molecule has 15 heteroatoms. The molecule has 0 saturated carbocycles. The highest BCUT2D eigenvalue weighted by Gasteiger charge is 2.36. The zero-order chi connectivity index (χ0) is 32.4. The summed E-state index contributed by atoms with van der Waals surface area (Å²) >= 11 is 0. The van der Waals surface area contributed by atoms with Crippen molar-refractivity contribution in [1.82, 2.24) is 0 Å². The van der Waals surface area contributed by atoms with Crippen LogP contribution in [0.5, 0.6) is 0 Å². The van der Waals surface area contributed by atoms with Crippen molar-refractivity contribution in [2.45, 2.75) is 63.5 Å². The minimum atomic E-state index is -1.83. The standard InChI is InChI=1S/C27H44O15/c1-15(2)25(34)40-11-18(29)8-37-14-22(38-9-19(30)12-41-26(35)16(3)4)24(23(33)21(32)7-28)39-10-20(31)13-42-27(36)17(5)6/h18-24,28-33H,1,3,5,7-14H2,2,4,6H3/t18?,19?,20?,21-,22+,23-,24-/m1/s1. The second kappa shape index (κ2) is 21.0. The lowest BCUT2D eigenvalue weighted by atomic mass is 10.0. The normalized spacial score (nSPS) is 16.2. The minimum Gasteiger partial charge on any atom is -0.460 e. The molecule has 0 aromatic carbocycles. The van der Waals surface area contributed by atoms with Gasteiger partial charge in [0.05, 0.1) is 33.0 Å². The van der Waals surface area contributed by atoms with Crippen LogP contribution in [0.25, 0.3) is 0 Å². The van der Waals surface area contributed by atoms with Crippen LogP contribution in [0.3, 0.4) is 0 Å². The largest absolute Gasteiger partial charge is 0.460 e. The van der Waals surface area contributed by atoms with Gasteiger partial charge in [0.1, 0.15) is 62.5 Å². The minimum absolute atomic E-state index is 0.0946. The van der Waals surface area contributed by atoms with E-state index in [9.17, 15) is 45.0 Å². The molecule has 0 heterocycles. The molecule has 0 saturated heterocycles. The van der Waals surface area contributed by atoms with Crippen LogP contribution in [0.1, 0.15) is 20.8 Å². The number of ether oxygens (including phenoxy) is 6. The Balaban J connectivity index is 5.56. The molecule has 7 atom stereocenters. The second-order valence-corrected chi connectivity index (χ2v) is 9.55. The predicted molar refractivity (Wildman–Crippen MR) is 145 cm³/mol. The molecule has 6 N–H and O–H groups in total.